The zero-order valence-electron chi connectivity index (χ0n) is 5.56. The van der Waals surface area contributed by atoms with Gasteiger partial charge in [0.15, 0.2) is 6.29 Å². The summed E-state index contributed by atoms with van der Waals surface area (Å²) in [5.41, 5.74) is 2.74. The van der Waals surface area contributed by atoms with Crippen molar-refractivity contribution in [2.24, 2.45) is 0 Å². The molecule has 1 heterocycles. The Labute approximate surface area is 53.9 Å². The Morgan fingerprint density at radius 3 is 2.44 bits per heavy atom. The van der Waals surface area contributed by atoms with Gasteiger partial charge in [-0.15, -0.1) is 0 Å². The molecule has 1 N–H and O–H groups in total. The molecule has 1 rings (SSSR count). The number of aromatic amines is 1. The number of hydrogen-bond donors (Lipinski definition) is 1. The second kappa shape index (κ2) is 2.05. The number of nitrogens with one attached hydrogen (secondary N) is 1. The lowest BCUT2D eigenvalue weighted by Crippen LogP contribution is -1.80. The van der Waals surface area contributed by atoms with Gasteiger partial charge >= 0.3 is 0 Å². The molecular weight excluding hydrogens is 116 g/mol. The van der Waals surface area contributed by atoms with Crippen molar-refractivity contribution in [3.8, 4) is 0 Å². The van der Waals surface area contributed by atoms with Crippen LogP contribution in [-0.4, -0.2) is 11.3 Å². The van der Waals surface area contributed by atoms with E-state index in [9.17, 15) is 4.79 Å². The smallest absolute Gasteiger partial charge is 0.166 e. The quantitative estimate of drug-likeness (QED) is 0.566. The van der Waals surface area contributed by atoms with Crippen LogP contribution >= 0.6 is 0 Å². The second-order valence-corrected chi connectivity index (χ2v) is 2.17. The van der Waals surface area contributed by atoms with Gasteiger partial charge in [-0.05, 0) is 25.5 Å². The Morgan fingerprint density at radius 1 is 1.56 bits per heavy atom. The molecule has 2 heteroatoms. The molecule has 0 saturated heterocycles. The Kier molecular flexibility index (Phi) is 1.39. The summed E-state index contributed by atoms with van der Waals surface area (Å²) in [6.07, 6.45) is 0.836. The van der Waals surface area contributed by atoms with Crippen LogP contribution in [0.3, 0.4) is 0 Å². The van der Waals surface area contributed by atoms with Gasteiger partial charge in [-0.25, -0.2) is 0 Å². The molecule has 0 amide bonds. The summed E-state index contributed by atoms with van der Waals surface area (Å²) in [5.74, 6) is 0. The molecule has 0 aromatic carbocycles. The Hall–Kier alpha value is -1.05. The number of aromatic nitrogens is 1. The van der Waals surface area contributed by atoms with Gasteiger partial charge in [0.05, 0.1) is 5.69 Å². The summed E-state index contributed by atoms with van der Waals surface area (Å²) in [7, 11) is 0. The fraction of sp³-hybridized carbons (Fsp3) is 0.286. The van der Waals surface area contributed by atoms with E-state index in [0.717, 1.165) is 17.5 Å². The highest BCUT2D eigenvalue weighted by Crippen LogP contribution is 2.04. The van der Waals surface area contributed by atoms with E-state index in [-0.39, 0.29) is 0 Å². The first kappa shape index (κ1) is 6.08. The van der Waals surface area contributed by atoms with E-state index in [0.29, 0.717) is 5.69 Å². The van der Waals surface area contributed by atoms with Gasteiger partial charge in [-0.3, -0.25) is 4.79 Å². The maximum atomic E-state index is 10.2. The minimum Gasteiger partial charge on any atom is -0.356 e. The zero-order chi connectivity index (χ0) is 6.85. The van der Waals surface area contributed by atoms with Gasteiger partial charge in [-0.1, -0.05) is 0 Å². The Morgan fingerprint density at radius 2 is 2.22 bits per heavy atom. The van der Waals surface area contributed by atoms with Crippen molar-refractivity contribution in [3.63, 3.8) is 0 Å². The van der Waals surface area contributed by atoms with Crippen molar-refractivity contribution in [3.05, 3.63) is 23.0 Å². The molecule has 0 aliphatic heterocycles. The summed E-state index contributed by atoms with van der Waals surface area (Å²) in [5, 5.41) is 0. The molecule has 0 fully saturated rings. The van der Waals surface area contributed by atoms with Crippen LogP contribution in [0, 0.1) is 13.8 Å². The maximum Gasteiger partial charge on any atom is 0.166 e. The first-order valence-electron chi connectivity index (χ1n) is 2.85. The summed E-state index contributed by atoms with van der Waals surface area (Å²) in [4.78, 5) is 13.1. The average molecular weight is 125 g/mol. The highest BCUT2D eigenvalue weighted by molar-refractivity contribution is 5.74. The van der Waals surface area contributed by atoms with E-state index < -0.39 is 0 Å². The van der Waals surface area contributed by atoms with Crippen LogP contribution in [0.15, 0.2) is 6.07 Å². The van der Waals surface area contributed by atoms with Crippen LogP contribution in [0.4, 0.5) is 0 Å². The first-order chi connectivity index (χ1) is 4.24. The molecule has 1 aromatic rings. The fourth-order valence-electron chi connectivity index (χ4n) is 0.872. The molecule has 0 aliphatic carbocycles. The van der Waals surface area contributed by atoms with Crippen molar-refractivity contribution >= 4 is 6.29 Å². The topological polar surface area (TPSA) is 32.9 Å². The number of aldehydes is 1. The second-order valence-electron chi connectivity index (χ2n) is 2.17. The highest BCUT2D eigenvalue weighted by atomic mass is 16.3. The molecule has 0 atom stereocenters. The van der Waals surface area contributed by atoms with Crippen molar-refractivity contribution in [2.45, 2.75) is 13.8 Å². The lowest BCUT2D eigenvalue weighted by molar-refractivity contribution is 0.111. The molecule has 0 aliphatic rings. The Bertz CT molecular complexity index is 225. The van der Waals surface area contributed by atoms with Crippen LogP contribution in [-0.2, 0) is 0 Å². The summed E-state index contributed by atoms with van der Waals surface area (Å²) >= 11 is 0. The lowest BCUT2D eigenvalue weighted by atomic mass is 10.3. The number of aryl methyl sites for hydroxylation is 2. The predicted octanol–water partition coefficient (Wildman–Crippen LogP) is 1.44. The number of rotatable bonds is 1. The van der Waals surface area contributed by atoms with Gasteiger partial charge < -0.3 is 4.98 Å². The number of hydrogen-bond acceptors (Lipinski definition) is 1. The lowest BCUT2D eigenvalue weighted by Gasteiger charge is -1.81. The van der Waals surface area contributed by atoms with Gasteiger partial charge in [-0.2, -0.15) is 0 Å². The van der Waals surface area contributed by atoms with Gasteiger partial charge in [0.1, 0.15) is 0 Å². The van der Waals surface area contributed by atoms with E-state index in [1.165, 1.54) is 0 Å². The van der Waals surface area contributed by atoms with Gasteiger partial charge in [0, 0.05) is 5.69 Å². The summed E-state index contributed by atoms with van der Waals surface area (Å²) < 4.78 is 0. The van der Waals surface area contributed by atoms with Gasteiger partial charge in [0.25, 0.3) is 0 Å². The van der Waals surface area contributed by atoms with Crippen molar-refractivity contribution in [2.75, 3.05) is 0 Å². The number of carbonyl (C=O) groups is 1. The molecule has 0 bridgehead atoms. The van der Waals surface area contributed by atoms with Crippen LogP contribution in [0.5, 0.6) is 0 Å². The molecule has 2 nitrogen and oxygen atoms in total. The average Bonchev–Trinajstić information content (AvgIpc) is 2.10. The Balaban J connectivity index is 3.15. The fourth-order valence-corrected chi connectivity index (χ4v) is 0.872. The molecule has 1 aromatic heterocycles. The van der Waals surface area contributed by atoms with E-state index in [4.69, 9.17) is 0 Å². The molecule has 48 valence electrons. The standard InChI is InChI=1S/C7H9NO/c1-5-3-6(2)8-7(5)4-9/h3-4,8H,1-2H3/i4+2. The number of carbonyl (C=O) groups excluding carboxylic acids is 1. The zero-order valence-corrected chi connectivity index (χ0v) is 5.56. The minimum atomic E-state index is 0.688. The van der Waals surface area contributed by atoms with E-state index in [2.05, 4.69) is 4.98 Å². The molecule has 0 saturated carbocycles. The molecule has 0 radical (unpaired) electrons. The molecular formula is C7H9NO. The third-order valence-electron chi connectivity index (χ3n) is 1.31. The van der Waals surface area contributed by atoms with Crippen LogP contribution < -0.4 is 0 Å². The predicted molar refractivity (Wildman–Crippen MR) is 35.7 cm³/mol. The van der Waals surface area contributed by atoms with Crippen molar-refractivity contribution in [1.29, 1.82) is 0 Å². The molecule has 0 unspecified atom stereocenters. The largest absolute Gasteiger partial charge is 0.356 e. The van der Waals surface area contributed by atoms with E-state index in [1.54, 1.807) is 0 Å². The SMILES string of the molecule is Cc1cc(C)c([14CH]=O)[nH]1. The monoisotopic (exact) mass is 125 g/mol. The maximum absolute atomic E-state index is 10.2. The highest BCUT2D eigenvalue weighted by Gasteiger charge is 1.97. The summed E-state index contributed by atoms with van der Waals surface area (Å²) in [6, 6.07) is 1.95. The third kappa shape index (κ3) is 1.02. The van der Waals surface area contributed by atoms with Crippen LogP contribution in [0.1, 0.15) is 21.7 Å². The number of H-pyrrole nitrogens is 1. The molecule has 0 spiro atoms. The van der Waals surface area contributed by atoms with Gasteiger partial charge in [0.2, 0.25) is 0 Å². The third-order valence-corrected chi connectivity index (χ3v) is 1.31. The minimum absolute atomic E-state index is 0.688. The van der Waals surface area contributed by atoms with Crippen LogP contribution in [0.25, 0.3) is 0 Å². The van der Waals surface area contributed by atoms with Crippen molar-refractivity contribution < 1.29 is 4.79 Å². The van der Waals surface area contributed by atoms with E-state index >= 15 is 0 Å². The first-order valence-corrected chi connectivity index (χ1v) is 2.85. The van der Waals surface area contributed by atoms with E-state index in [1.807, 2.05) is 19.9 Å². The normalized spacial score (nSPS) is 9.56. The summed E-state index contributed by atoms with van der Waals surface area (Å²) in [6.45, 7) is 3.84. The van der Waals surface area contributed by atoms with Crippen molar-refractivity contribution in [1.82, 2.24) is 4.98 Å². The molecule has 9 heavy (non-hydrogen) atoms. The van der Waals surface area contributed by atoms with Crippen LogP contribution in [0.2, 0.25) is 0 Å².